The largest absolute Gasteiger partial charge is 0.446 e. The number of alkyl halides is 3. The van der Waals surface area contributed by atoms with Crippen molar-refractivity contribution in [3.63, 3.8) is 0 Å². The normalized spacial score (nSPS) is 19.5. The van der Waals surface area contributed by atoms with E-state index < -0.39 is 23.7 Å². The van der Waals surface area contributed by atoms with E-state index in [1.165, 1.54) is 12.4 Å². The van der Waals surface area contributed by atoms with E-state index in [1.54, 1.807) is 4.90 Å². The summed E-state index contributed by atoms with van der Waals surface area (Å²) in [5.41, 5.74) is -0.655. The van der Waals surface area contributed by atoms with Gasteiger partial charge in [0.05, 0.1) is 21.3 Å². The number of hydrogen-bond donors (Lipinski definition) is 2. The number of carbonyl (C=O) groups excluding carboxylic acids is 2. The lowest BCUT2D eigenvalue weighted by Gasteiger charge is -2.37. The van der Waals surface area contributed by atoms with Crippen molar-refractivity contribution in [2.24, 2.45) is 5.92 Å². The van der Waals surface area contributed by atoms with Crippen LogP contribution in [0.1, 0.15) is 43.1 Å². The van der Waals surface area contributed by atoms with Crippen molar-refractivity contribution in [2.75, 3.05) is 25.0 Å². The summed E-state index contributed by atoms with van der Waals surface area (Å²) in [6.07, 6.45) is -4.97. The van der Waals surface area contributed by atoms with Crippen molar-refractivity contribution in [3.05, 3.63) is 22.6 Å². The Hall–Kier alpha value is -2.56. The molecule has 2 aromatic heterocycles. The molecule has 31 heavy (non-hydrogen) atoms. The van der Waals surface area contributed by atoms with Gasteiger partial charge in [0.1, 0.15) is 11.9 Å². The molecule has 2 atom stereocenters. The molecule has 0 bridgehead atoms. The van der Waals surface area contributed by atoms with Gasteiger partial charge >= 0.3 is 12.3 Å². The van der Waals surface area contributed by atoms with Crippen LogP contribution in [-0.4, -0.2) is 49.3 Å². The van der Waals surface area contributed by atoms with Crippen LogP contribution >= 0.6 is 11.3 Å². The highest BCUT2D eigenvalue weighted by molar-refractivity contribution is 7.17. The third kappa shape index (κ3) is 5.03. The Balaban J connectivity index is 1.89. The van der Waals surface area contributed by atoms with Crippen LogP contribution in [0.15, 0.2) is 11.4 Å². The van der Waals surface area contributed by atoms with Gasteiger partial charge in [-0.3, -0.25) is 4.79 Å². The fourth-order valence-corrected chi connectivity index (χ4v) is 4.60. The van der Waals surface area contributed by atoms with Crippen LogP contribution in [0.25, 0.3) is 10.2 Å². The Labute approximate surface area is 182 Å². The maximum Gasteiger partial charge on any atom is 0.417 e. The monoisotopic (exact) mass is 458 g/mol. The third-order valence-electron chi connectivity index (χ3n) is 5.10. The fraction of sp³-hybridized carbons (Fsp3) is 0.550. The number of piperidine rings is 1. The summed E-state index contributed by atoms with van der Waals surface area (Å²) in [6, 6.07) is 0.978. The summed E-state index contributed by atoms with van der Waals surface area (Å²) in [5, 5.41) is 6.50. The van der Waals surface area contributed by atoms with Gasteiger partial charge in [0.2, 0.25) is 0 Å². The first kappa shape index (κ1) is 23.1. The standard InChI is InChI=1S/C20H25F3N4O3S/c1-10(2)25-19(29)30-14-5-6-27(8-11(14)3)15-7-13(20(21,22)23)17-16(26-15)12(9-31-17)18(28)24-4/h7,9-11,14H,5-6,8H2,1-4H3,(H,24,28)(H,25,29)/t11-,14-/m0/s1. The lowest BCUT2D eigenvalue weighted by Crippen LogP contribution is -2.46. The van der Waals surface area contributed by atoms with E-state index in [-0.39, 0.29) is 39.7 Å². The Morgan fingerprint density at radius 1 is 1.35 bits per heavy atom. The van der Waals surface area contributed by atoms with E-state index >= 15 is 0 Å². The second-order valence-corrected chi connectivity index (χ2v) is 8.77. The molecule has 2 aromatic rings. The molecular formula is C20H25F3N4O3S. The van der Waals surface area contributed by atoms with Gasteiger partial charge in [-0.05, 0) is 19.9 Å². The summed E-state index contributed by atoms with van der Waals surface area (Å²) in [7, 11) is 1.42. The summed E-state index contributed by atoms with van der Waals surface area (Å²) in [4.78, 5) is 30.2. The number of hydrogen-bond acceptors (Lipinski definition) is 6. The number of anilines is 1. The molecule has 3 rings (SSSR count). The zero-order valence-electron chi connectivity index (χ0n) is 17.7. The van der Waals surface area contributed by atoms with Gasteiger partial charge in [-0.15, -0.1) is 11.3 Å². The molecule has 1 fully saturated rings. The first-order chi connectivity index (χ1) is 14.5. The number of carbonyl (C=O) groups is 2. The second-order valence-electron chi connectivity index (χ2n) is 7.89. The number of nitrogens with zero attached hydrogens (tertiary/aromatic N) is 2. The maximum atomic E-state index is 13.7. The average Bonchev–Trinajstić information content (AvgIpc) is 3.10. The van der Waals surface area contributed by atoms with E-state index in [0.29, 0.717) is 19.5 Å². The lowest BCUT2D eigenvalue weighted by molar-refractivity contribution is -0.136. The highest BCUT2D eigenvalue weighted by atomic mass is 32.1. The molecular weight excluding hydrogens is 433 g/mol. The first-order valence-corrected chi connectivity index (χ1v) is 10.8. The van der Waals surface area contributed by atoms with Crippen LogP contribution < -0.4 is 15.5 Å². The zero-order chi connectivity index (χ0) is 22.9. The highest BCUT2D eigenvalue weighted by Gasteiger charge is 2.37. The molecule has 2 amide bonds. The molecule has 1 saturated heterocycles. The maximum absolute atomic E-state index is 13.7. The van der Waals surface area contributed by atoms with Crippen molar-refractivity contribution in [1.82, 2.24) is 15.6 Å². The second kappa shape index (κ2) is 8.89. The molecule has 170 valence electrons. The van der Waals surface area contributed by atoms with Crippen molar-refractivity contribution in [1.29, 1.82) is 0 Å². The van der Waals surface area contributed by atoms with Gasteiger partial charge < -0.3 is 20.3 Å². The Kier molecular flexibility index (Phi) is 6.63. The van der Waals surface area contributed by atoms with Crippen LogP contribution in [0, 0.1) is 5.92 Å². The minimum atomic E-state index is -4.58. The number of pyridine rings is 1. The van der Waals surface area contributed by atoms with Crippen LogP contribution in [0.5, 0.6) is 0 Å². The fourth-order valence-electron chi connectivity index (χ4n) is 3.58. The average molecular weight is 459 g/mol. The number of halogens is 3. The molecule has 0 spiro atoms. The lowest BCUT2D eigenvalue weighted by atomic mass is 9.96. The number of fused-ring (bicyclic) bond motifs is 1. The minimum Gasteiger partial charge on any atom is -0.446 e. The SMILES string of the molecule is CNC(=O)c1csc2c(C(F)(F)F)cc(N3CC[C@H](OC(=O)NC(C)C)[C@@H](C)C3)nc12. The molecule has 0 aliphatic carbocycles. The van der Waals surface area contributed by atoms with Crippen molar-refractivity contribution >= 4 is 39.4 Å². The Morgan fingerprint density at radius 3 is 2.65 bits per heavy atom. The van der Waals surface area contributed by atoms with Crippen LogP contribution in [0.2, 0.25) is 0 Å². The van der Waals surface area contributed by atoms with Gasteiger partial charge in [-0.25, -0.2) is 9.78 Å². The number of rotatable bonds is 4. The quantitative estimate of drug-likeness (QED) is 0.723. The van der Waals surface area contributed by atoms with Crippen molar-refractivity contribution in [3.8, 4) is 0 Å². The Morgan fingerprint density at radius 2 is 2.06 bits per heavy atom. The number of thiophene rings is 1. The van der Waals surface area contributed by atoms with E-state index in [0.717, 1.165) is 17.4 Å². The summed E-state index contributed by atoms with van der Waals surface area (Å²) in [6.45, 7) is 6.27. The smallest absolute Gasteiger partial charge is 0.417 e. The van der Waals surface area contributed by atoms with Crippen molar-refractivity contribution < 1.29 is 27.5 Å². The van der Waals surface area contributed by atoms with Gasteiger partial charge in [-0.2, -0.15) is 13.2 Å². The number of amides is 2. The van der Waals surface area contributed by atoms with Gasteiger partial charge in [-0.1, -0.05) is 6.92 Å². The predicted molar refractivity (Wildman–Crippen MR) is 113 cm³/mol. The van der Waals surface area contributed by atoms with Crippen LogP contribution in [-0.2, 0) is 10.9 Å². The van der Waals surface area contributed by atoms with Gasteiger partial charge in [0, 0.05) is 43.9 Å². The zero-order valence-corrected chi connectivity index (χ0v) is 18.5. The van der Waals surface area contributed by atoms with Gasteiger partial charge in [0.15, 0.2) is 0 Å². The topological polar surface area (TPSA) is 83.6 Å². The van der Waals surface area contributed by atoms with E-state index in [2.05, 4.69) is 15.6 Å². The molecule has 1 aliphatic rings. The molecule has 11 heteroatoms. The van der Waals surface area contributed by atoms with Crippen molar-refractivity contribution in [2.45, 2.75) is 45.5 Å². The molecule has 1 aliphatic heterocycles. The van der Waals surface area contributed by atoms with E-state index in [9.17, 15) is 22.8 Å². The summed E-state index contributed by atoms with van der Waals surface area (Å²) < 4.78 is 46.6. The highest BCUT2D eigenvalue weighted by Crippen LogP contribution is 2.40. The number of nitrogens with one attached hydrogen (secondary N) is 2. The number of ether oxygens (including phenoxy) is 1. The van der Waals surface area contributed by atoms with Crippen LogP contribution in [0.4, 0.5) is 23.8 Å². The predicted octanol–water partition coefficient (Wildman–Crippen LogP) is 4.02. The number of aromatic nitrogens is 1. The molecule has 2 N–H and O–H groups in total. The Bertz CT molecular complexity index is 976. The van der Waals surface area contributed by atoms with E-state index in [4.69, 9.17) is 4.74 Å². The number of alkyl carbamates (subject to hydrolysis) is 1. The van der Waals surface area contributed by atoms with Gasteiger partial charge in [0.25, 0.3) is 5.91 Å². The molecule has 7 nitrogen and oxygen atoms in total. The minimum absolute atomic E-state index is 0.0384. The summed E-state index contributed by atoms with van der Waals surface area (Å²) in [5.74, 6) is -0.444. The van der Waals surface area contributed by atoms with Crippen LogP contribution in [0.3, 0.4) is 0 Å². The third-order valence-corrected chi connectivity index (χ3v) is 6.10. The molecule has 0 aromatic carbocycles. The molecule has 3 heterocycles. The molecule has 0 saturated carbocycles. The molecule has 0 unspecified atom stereocenters. The van der Waals surface area contributed by atoms with E-state index in [1.807, 2.05) is 20.8 Å². The summed E-state index contributed by atoms with van der Waals surface area (Å²) >= 11 is 0.853. The molecule has 0 radical (unpaired) electrons. The first-order valence-electron chi connectivity index (χ1n) is 9.94.